The molecule has 4 heteroatoms. The zero-order chi connectivity index (χ0) is 11.4. The van der Waals surface area contributed by atoms with Crippen molar-refractivity contribution in [3.63, 3.8) is 0 Å². The van der Waals surface area contributed by atoms with Crippen LogP contribution in [0.1, 0.15) is 25.7 Å². The molecule has 0 spiro atoms. The highest BCUT2D eigenvalue weighted by Gasteiger charge is 2.14. The van der Waals surface area contributed by atoms with Crippen molar-refractivity contribution in [3.05, 3.63) is 34.6 Å². The Morgan fingerprint density at radius 2 is 2.12 bits per heavy atom. The summed E-state index contributed by atoms with van der Waals surface area (Å²) >= 11 is 3.32. The Kier molecular flexibility index (Phi) is 3.72. The molecule has 16 heavy (non-hydrogen) atoms. The van der Waals surface area contributed by atoms with Crippen LogP contribution in [0.4, 0.5) is 5.82 Å². The highest BCUT2D eigenvalue weighted by molar-refractivity contribution is 9.10. The largest absolute Gasteiger partial charge is 0.346 e. The molecule has 0 unspecified atom stereocenters. The summed E-state index contributed by atoms with van der Waals surface area (Å²) in [5, 5.41) is 3.06. The third-order valence-corrected chi connectivity index (χ3v) is 3.05. The molecule has 1 saturated carbocycles. The van der Waals surface area contributed by atoms with Gasteiger partial charge in [-0.25, -0.2) is 4.98 Å². The van der Waals surface area contributed by atoms with Crippen LogP contribution in [0, 0.1) is 0 Å². The lowest BCUT2D eigenvalue weighted by molar-refractivity contribution is -0.116. The maximum atomic E-state index is 11.5. The van der Waals surface area contributed by atoms with Gasteiger partial charge in [0.2, 0.25) is 0 Å². The van der Waals surface area contributed by atoms with Crippen LogP contribution in [0.25, 0.3) is 0 Å². The van der Waals surface area contributed by atoms with Crippen molar-refractivity contribution in [3.8, 4) is 0 Å². The normalized spacial score (nSPS) is 18.8. The predicted molar refractivity (Wildman–Crippen MR) is 67.1 cm³/mol. The van der Waals surface area contributed by atoms with Gasteiger partial charge in [-0.05, 0) is 47.3 Å². The van der Waals surface area contributed by atoms with Crippen LogP contribution in [0.2, 0.25) is 0 Å². The van der Waals surface area contributed by atoms with Crippen LogP contribution in [-0.2, 0) is 4.79 Å². The Balaban J connectivity index is 2.02. The van der Waals surface area contributed by atoms with E-state index >= 15 is 0 Å². The molecule has 0 radical (unpaired) electrons. The average Bonchev–Trinajstić information content (AvgIpc) is 2.30. The topological polar surface area (TPSA) is 42.0 Å². The molecule has 1 N–H and O–H groups in total. The maximum absolute atomic E-state index is 11.5. The second-order valence-corrected chi connectivity index (χ2v) is 4.72. The molecule has 0 bridgehead atoms. The molecular weight excluding hydrogens is 268 g/mol. The zero-order valence-corrected chi connectivity index (χ0v) is 10.5. The summed E-state index contributed by atoms with van der Waals surface area (Å²) in [6, 6.07) is 3.78. The average molecular weight is 281 g/mol. The van der Waals surface area contributed by atoms with Gasteiger partial charge in [0.05, 0.1) is 0 Å². The number of nitrogens with zero attached hydrogens (tertiary/aromatic N) is 1. The van der Waals surface area contributed by atoms with Crippen molar-refractivity contribution in [2.45, 2.75) is 25.7 Å². The van der Waals surface area contributed by atoms with Gasteiger partial charge in [0.25, 0.3) is 0 Å². The number of pyridine rings is 1. The van der Waals surface area contributed by atoms with Crippen LogP contribution >= 0.6 is 15.9 Å². The molecule has 0 saturated heterocycles. The number of hydrogen-bond acceptors (Lipinski definition) is 3. The molecule has 0 atom stereocenters. The number of Topliss-reactive ketones (excluding diaryl/α,β-unsaturated/α-hetero) is 1. The number of nitrogens with one attached hydrogen (secondary N) is 1. The van der Waals surface area contributed by atoms with Gasteiger partial charge >= 0.3 is 0 Å². The zero-order valence-electron chi connectivity index (χ0n) is 8.87. The van der Waals surface area contributed by atoms with Gasteiger partial charge in [-0.15, -0.1) is 0 Å². The molecule has 1 heterocycles. The van der Waals surface area contributed by atoms with Crippen LogP contribution in [0.15, 0.2) is 34.6 Å². The van der Waals surface area contributed by atoms with E-state index < -0.39 is 0 Å². The summed E-state index contributed by atoms with van der Waals surface area (Å²) in [5.74, 6) is 1.02. The van der Waals surface area contributed by atoms with Gasteiger partial charge < -0.3 is 5.32 Å². The SMILES string of the molecule is O=C1CCCC/C1=C/Nc1ccc(Br)cn1. The molecule has 1 aromatic rings. The quantitative estimate of drug-likeness (QED) is 0.846. The molecule has 0 aliphatic heterocycles. The van der Waals surface area contributed by atoms with Gasteiger partial charge in [0, 0.05) is 28.9 Å². The van der Waals surface area contributed by atoms with Crippen LogP contribution in [-0.4, -0.2) is 10.8 Å². The summed E-state index contributed by atoms with van der Waals surface area (Å²) in [6.07, 6.45) is 7.20. The number of rotatable bonds is 2. The van der Waals surface area contributed by atoms with E-state index in [1.807, 2.05) is 12.1 Å². The molecule has 1 aromatic heterocycles. The van der Waals surface area contributed by atoms with Crippen molar-refractivity contribution >= 4 is 27.5 Å². The molecule has 1 fully saturated rings. The number of anilines is 1. The van der Waals surface area contributed by atoms with Crippen LogP contribution in [0.5, 0.6) is 0 Å². The summed E-state index contributed by atoms with van der Waals surface area (Å²) < 4.78 is 0.944. The number of allylic oxidation sites excluding steroid dienone is 1. The van der Waals surface area contributed by atoms with E-state index in [1.54, 1.807) is 12.4 Å². The lowest BCUT2D eigenvalue weighted by atomic mass is 9.94. The second kappa shape index (κ2) is 5.25. The number of aromatic nitrogens is 1. The fourth-order valence-corrected chi connectivity index (χ4v) is 1.91. The molecule has 1 aliphatic carbocycles. The fourth-order valence-electron chi connectivity index (χ4n) is 1.68. The van der Waals surface area contributed by atoms with Gasteiger partial charge in [-0.2, -0.15) is 0 Å². The summed E-state index contributed by atoms with van der Waals surface area (Å²) in [5.41, 5.74) is 0.885. The van der Waals surface area contributed by atoms with E-state index in [0.717, 1.165) is 35.1 Å². The fraction of sp³-hybridized carbons (Fsp3) is 0.333. The Labute approximate surface area is 103 Å². The number of ketones is 1. The number of hydrogen-bond donors (Lipinski definition) is 1. The monoisotopic (exact) mass is 280 g/mol. The van der Waals surface area contributed by atoms with Crippen LogP contribution in [0.3, 0.4) is 0 Å². The molecule has 0 aromatic carbocycles. The minimum atomic E-state index is 0.260. The summed E-state index contributed by atoms with van der Waals surface area (Å²) in [4.78, 5) is 15.7. The Morgan fingerprint density at radius 1 is 1.31 bits per heavy atom. The highest BCUT2D eigenvalue weighted by atomic mass is 79.9. The molecular formula is C12H13BrN2O. The van der Waals surface area contributed by atoms with Crippen molar-refractivity contribution in [1.82, 2.24) is 4.98 Å². The molecule has 2 rings (SSSR count). The third-order valence-electron chi connectivity index (χ3n) is 2.58. The lowest BCUT2D eigenvalue weighted by Crippen LogP contribution is -2.10. The van der Waals surface area contributed by atoms with Crippen molar-refractivity contribution in [2.75, 3.05) is 5.32 Å². The highest BCUT2D eigenvalue weighted by Crippen LogP contribution is 2.19. The van der Waals surface area contributed by atoms with E-state index in [-0.39, 0.29) is 5.78 Å². The number of halogens is 1. The first-order chi connectivity index (χ1) is 7.75. The van der Waals surface area contributed by atoms with Gasteiger partial charge in [-0.3, -0.25) is 4.79 Å². The van der Waals surface area contributed by atoms with E-state index in [0.29, 0.717) is 6.42 Å². The standard InChI is InChI=1S/C12H13BrN2O/c13-10-5-6-12(15-8-10)14-7-9-3-1-2-4-11(9)16/h5-8H,1-4H2,(H,14,15)/b9-7-. The second-order valence-electron chi connectivity index (χ2n) is 3.81. The first kappa shape index (κ1) is 11.3. The Bertz CT molecular complexity index is 412. The maximum Gasteiger partial charge on any atom is 0.160 e. The van der Waals surface area contributed by atoms with Crippen molar-refractivity contribution in [2.24, 2.45) is 0 Å². The van der Waals surface area contributed by atoms with Gasteiger partial charge in [0.15, 0.2) is 5.78 Å². The summed E-state index contributed by atoms with van der Waals surface area (Å²) in [7, 11) is 0. The number of carbonyl (C=O) groups is 1. The first-order valence-electron chi connectivity index (χ1n) is 5.36. The van der Waals surface area contributed by atoms with Crippen LogP contribution < -0.4 is 5.32 Å². The van der Waals surface area contributed by atoms with E-state index in [4.69, 9.17) is 0 Å². The minimum absolute atomic E-state index is 0.260. The van der Waals surface area contributed by atoms with Gasteiger partial charge in [0.1, 0.15) is 5.82 Å². The molecule has 84 valence electrons. The molecule has 0 amide bonds. The van der Waals surface area contributed by atoms with E-state index in [2.05, 4.69) is 26.2 Å². The predicted octanol–water partition coefficient (Wildman–Crippen LogP) is 3.28. The molecule has 3 nitrogen and oxygen atoms in total. The Hall–Kier alpha value is -1.16. The number of carbonyl (C=O) groups excluding carboxylic acids is 1. The minimum Gasteiger partial charge on any atom is -0.346 e. The Morgan fingerprint density at radius 3 is 2.81 bits per heavy atom. The van der Waals surface area contributed by atoms with Gasteiger partial charge in [-0.1, -0.05) is 0 Å². The summed E-state index contributed by atoms with van der Waals surface area (Å²) in [6.45, 7) is 0. The van der Waals surface area contributed by atoms with Crippen molar-refractivity contribution in [1.29, 1.82) is 0 Å². The van der Waals surface area contributed by atoms with Crippen molar-refractivity contribution < 1.29 is 4.79 Å². The van der Waals surface area contributed by atoms with E-state index in [1.165, 1.54) is 0 Å². The third kappa shape index (κ3) is 2.92. The molecule has 1 aliphatic rings. The lowest BCUT2D eigenvalue weighted by Gasteiger charge is -2.12. The van der Waals surface area contributed by atoms with E-state index in [9.17, 15) is 4.79 Å². The first-order valence-corrected chi connectivity index (χ1v) is 6.15. The smallest absolute Gasteiger partial charge is 0.160 e.